The minimum Gasteiger partial charge on any atom is -0.489 e. The largest absolute Gasteiger partial charge is 0.489 e. The third-order valence-corrected chi connectivity index (χ3v) is 4.23. The molecule has 1 N–H and O–H groups in total. The van der Waals surface area contributed by atoms with Gasteiger partial charge in [0.2, 0.25) is 6.61 Å². The molecule has 3 rings (SSSR count). The Hall–Kier alpha value is -2.80. The molecule has 6 nitrogen and oxygen atoms in total. The van der Waals surface area contributed by atoms with E-state index in [4.69, 9.17) is 14.7 Å². The number of rotatable bonds is 7. The van der Waals surface area contributed by atoms with Crippen LogP contribution in [0.15, 0.2) is 58.3 Å². The zero-order valence-corrected chi connectivity index (χ0v) is 15.6. The van der Waals surface area contributed by atoms with Gasteiger partial charge in [-0.1, -0.05) is 33.2 Å². The van der Waals surface area contributed by atoms with Crippen LogP contribution in [-0.4, -0.2) is 28.5 Å². The summed E-state index contributed by atoms with van der Waals surface area (Å²) < 4.78 is 8.87. The van der Waals surface area contributed by atoms with Gasteiger partial charge in [0.1, 0.15) is 12.4 Å². The summed E-state index contributed by atoms with van der Waals surface area (Å²) in [6.45, 7) is -0.00874. The molecule has 0 amide bonds. The average molecular weight is 417 g/mol. The SMILES string of the molecule is Cn1cc(/C=N/OCC(=O)O)c2cc(OCc3cccc(Br)c3)ccc21. The molecule has 0 unspecified atom stereocenters. The van der Waals surface area contributed by atoms with Crippen LogP contribution in [0, 0.1) is 0 Å². The molecule has 0 saturated carbocycles. The predicted octanol–water partition coefficient (Wildman–Crippen LogP) is 3.95. The number of ether oxygens (including phenoxy) is 1. The Bertz CT molecular complexity index is 965. The maximum absolute atomic E-state index is 10.5. The lowest BCUT2D eigenvalue weighted by atomic mass is 10.2. The van der Waals surface area contributed by atoms with Crippen LogP contribution >= 0.6 is 15.9 Å². The summed E-state index contributed by atoms with van der Waals surface area (Å²) in [5.41, 5.74) is 2.90. The van der Waals surface area contributed by atoms with E-state index in [2.05, 4.69) is 21.1 Å². The quantitative estimate of drug-likeness (QED) is 0.467. The summed E-state index contributed by atoms with van der Waals surface area (Å²) in [5.74, 6) is -0.326. The summed E-state index contributed by atoms with van der Waals surface area (Å²) >= 11 is 3.45. The summed E-state index contributed by atoms with van der Waals surface area (Å²) in [7, 11) is 1.93. The Morgan fingerprint density at radius 2 is 2.15 bits per heavy atom. The van der Waals surface area contributed by atoms with Crippen LogP contribution in [0.4, 0.5) is 0 Å². The van der Waals surface area contributed by atoms with Gasteiger partial charge >= 0.3 is 5.97 Å². The van der Waals surface area contributed by atoms with Crippen molar-refractivity contribution < 1.29 is 19.5 Å². The van der Waals surface area contributed by atoms with E-state index >= 15 is 0 Å². The van der Waals surface area contributed by atoms with Crippen molar-refractivity contribution in [3.63, 3.8) is 0 Å². The fourth-order valence-corrected chi connectivity index (χ4v) is 3.02. The molecular weight excluding hydrogens is 400 g/mol. The number of aromatic nitrogens is 1. The van der Waals surface area contributed by atoms with E-state index < -0.39 is 12.6 Å². The van der Waals surface area contributed by atoms with Gasteiger partial charge in [0, 0.05) is 34.2 Å². The normalized spacial score (nSPS) is 11.2. The maximum Gasteiger partial charge on any atom is 0.344 e. The summed E-state index contributed by atoms with van der Waals surface area (Å²) in [6.07, 6.45) is 3.40. The first-order valence-corrected chi connectivity index (χ1v) is 8.65. The van der Waals surface area contributed by atoms with Gasteiger partial charge in [0.25, 0.3) is 0 Å². The maximum atomic E-state index is 10.5. The number of carboxylic acid groups (broad SMARTS) is 1. The number of fused-ring (bicyclic) bond motifs is 1. The fourth-order valence-electron chi connectivity index (χ4n) is 2.57. The van der Waals surface area contributed by atoms with Crippen LogP contribution in [-0.2, 0) is 23.3 Å². The Balaban J connectivity index is 1.78. The molecular formula is C19H17BrN2O4. The molecule has 3 aromatic rings. The van der Waals surface area contributed by atoms with Crippen molar-refractivity contribution in [2.45, 2.75) is 6.61 Å². The highest BCUT2D eigenvalue weighted by molar-refractivity contribution is 9.10. The monoisotopic (exact) mass is 416 g/mol. The Kier molecular flexibility index (Phi) is 5.58. The summed E-state index contributed by atoms with van der Waals surface area (Å²) in [6, 6.07) is 13.8. The highest BCUT2D eigenvalue weighted by Gasteiger charge is 2.07. The predicted molar refractivity (Wildman–Crippen MR) is 103 cm³/mol. The number of carboxylic acids is 1. The summed E-state index contributed by atoms with van der Waals surface area (Å²) in [4.78, 5) is 15.2. The molecule has 1 heterocycles. The minimum atomic E-state index is -1.07. The molecule has 2 aromatic carbocycles. The van der Waals surface area contributed by atoms with Crippen molar-refractivity contribution >= 4 is 39.0 Å². The lowest BCUT2D eigenvalue weighted by Crippen LogP contribution is -2.03. The standard InChI is InChI=1S/C19H17BrN2O4/c1-22-10-14(9-21-26-12-19(23)24)17-8-16(5-6-18(17)22)25-11-13-3-2-4-15(20)7-13/h2-10H,11-12H2,1H3,(H,23,24)/b21-9+. The van der Waals surface area contributed by atoms with Crippen molar-refractivity contribution in [2.24, 2.45) is 12.2 Å². The lowest BCUT2D eigenvalue weighted by Gasteiger charge is -2.07. The first-order chi connectivity index (χ1) is 12.5. The van der Waals surface area contributed by atoms with E-state index in [-0.39, 0.29) is 0 Å². The Morgan fingerprint density at radius 1 is 1.31 bits per heavy atom. The number of aryl methyl sites for hydroxylation is 1. The molecule has 26 heavy (non-hydrogen) atoms. The number of hydrogen-bond donors (Lipinski definition) is 1. The van der Waals surface area contributed by atoms with Crippen molar-refractivity contribution in [1.29, 1.82) is 0 Å². The zero-order valence-electron chi connectivity index (χ0n) is 14.1. The topological polar surface area (TPSA) is 73.1 Å². The van der Waals surface area contributed by atoms with Gasteiger partial charge in [0.05, 0.1) is 6.21 Å². The number of carbonyl (C=O) groups is 1. The van der Waals surface area contributed by atoms with Crippen LogP contribution in [0.2, 0.25) is 0 Å². The van der Waals surface area contributed by atoms with Crippen LogP contribution < -0.4 is 4.74 Å². The van der Waals surface area contributed by atoms with Crippen molar-refractivity contribution in [1.82, 2.24) is 4.57 Å². The molecule has 7 heteroatoms. The van der Waals surface area contributed by atoms with E-state index in [9.17, 15) is 4.79 Å². The van der Waals surface area contributed by atoms with Gasteiger partial charge in [-0.2, -0.15) is 0 Å². The number of aliphatic carboxylic acids is 1. The number of hydrogen-bond acceptors (Lipinski definition) is 4. The molecule has 0 atom stereocenters. The van der Waals surface area contributed by atoms with Gasteiger partial charge < -0.3 is 19.2 Å². The lowest BCUT2D eigenvalue weighted by molar-refractivity contribution is -0.142. The summed E-state index contributed by atoms with van der Waals surface area (Å²) in [5, 5.41) is 13.2. The first kappa shape index (κ1) is 18.0. The molecule has 0 spiro atoms. The number of benzene rings is 2. The number of nitrogens with zero attached hydrogens (tertiary/aromatic N) is 2. The zero-order chi connectivity index (χ0) is 18.5. The number of halogens is 1. The van der Waals surface area contributed by atoms with E-state index in [0.717, 1.165) is 32.3 Å². The second kappa shape index (κ2) is 8.05. The second-order valence-corrected chi connectivity index (χ2v) is 6.61. The second-order valence-electron chi connectivity index (χ2n) is 5.69. The van der Waals surface area contributed by atoms with Crippen molar-refractivity contribution in [3.8, 4) is 5.75 Å². The molecule has 0 bridgehead atoms. The van der Waals surface area contributed by atoms with Gasteiger partial charge in [-0.3, -0.25) is 0 Å². The molecule has 0 radical (unpaired) electrons. The van der Waals surface area contributed by atoms with Gasteiger partial charge in [-0.25, -0.2) is 4.79 Å². The van der Waals surface area contributed by atoms with Crippen LogP contribution in [0.1, 0.15) is 11.1 Å². The van der Waals surface area contributed by atoms with E-state index in [1.54, 1.807) is 0 Å². The molecule has 0 fully saturated rings. The molecule has 0 saturated heterocycles. The van der Waals surface area contributed by atoms with Gasteiger partial charge in [-0.05, 0) is 35.9 Å². The van der Waals surface area contributed by atoms with Gasteiger partial charge in [0.15, 0.2) is 0 Å². The van der Waals surface area contributed by atoms with Crippen molar-refractivity contribution in [3.05, 3.63) is 64.3 Å². The van der Waals surface area contributed by atoms with Crippen LogP contribution in [0.25, 0.3) is 10.9 Å². The first-order valence-electron chi connectivity index (χ1n) is 7.86. The average Bonchev–Trinajstić information content (AvgIpc) is 2.92. The Labute approximate surface area is 158 Å². The molecule has 0 aliphatic rings. The molecule has 0 aliphatic carbocycles. The van der Waals surface area contributed by atoms with Crippen LogP contribution in [0.3, 0.4) is 0 Å². The third kappa shape index (κ3) is 4.43. The van der Waals surface area contributed by atoms with Crippen LogP contribution in [0.5, 0.6) is 5.75 Å². The van der Waals surface area contributed by atoms with E-state index in [1.807, 2.05) is 60.3 Å². The molecule has 0 aliphatic heterocycles. The van der Waals surface area contributed by atoms with Gasteiger partial charge in [-0.15, -0.1) is 0 Å². The van der Waals surface area contributed by atoms with E-state index in [0.29, 0.717) is 6.61 Å². The Morgan fingerprint density at radius 3 is 2.92 bits per heavy atom. The third-order valence-electron chi connectivity index (χ3n) is 3.74. The molecule has 134 valence electrons. The highest BCUT2D eigenvalue weighted by atomic mass is 79.9. The highest BCUT2D eigenvalue weighted by Crippen LogP contribution is 2.25. The van der Waals surface area contributed by atoms with E-state index in [1.165, 1.54) is 6.21 Å². The smallest absolute Gasteiger partial charge is 0.344 e. The number of oxime groups is 1. The molecule has 1 aromatic heterocycles. The van der Waals surface area contributed by atoms with Crippen molar-refractivity contribution in [2.75, 3.05) is 6.61 Å². The minimum absolute atomic E-state index is 0.461. The fraction of sp³-hybridized carbons (Fsp3) is 0.158.